The van der Waals surface area contributed by atoms with Gasteiger partial charge in [0.25, 0.3) is 5.91 Å². The molecule has 3 aromatic heterocycles. The Kier molecular flexibility index (Phi) is 10.3. The number of rotatable bonds is 9. The smallest absolute Gasteiger partial charge is 0.255 e. The quantitative estimate of drug-likeness (QED) is 0.186. The summed E-state index contributed by atoms with van der Waals surface area (Å²) in [5, 5.41) is 5.46. The predicted octanol–water partition coefficient (Wildman–Crippen LogP) is 5.35. The summed E-state index contributed by atoms with van der Waals surface area (Å²) in [6.07, 6.45) is 5.58. The maximum Gasteiger partial charge on any atom is 0.255 e. The Hall–Kier alpha value is -5.87. The fourth-order valence-corrected chi connectivity index (χ4v) is 9.26. The first kappa shape index (κ1) is 38.6. The van der Waals surface area contributed by atoms with E-state index in [1.807, 2.05) is 55.8 Å². The van der Waals surface area contributed by atoms with Gasteiger partial charge in [0.2, 0.25) is 17.8 Å². The van der Waals surface area contributed by atoms with Crippen LogP contribution in [0.4, 0.5) is 26.2 Å². The number of halogens is 2. The molecule has 14 nitrogen and oxygen atoms in total. The monoisotopic (exact) mass is 803 g/mol. The fraction of sp³-hybridized carbons (Fsp3) is 0.419. The number of nitrogens with zero attached hydrogens (tertiary/aromatic N) is 9. The van der Waals surface area contributed by atoms with Gasteiger partial charge in [0, 0.05) is 82.0 Å². The number of anilines is 3. The van der Waals surface area contributed by atoms with Crippen molar-refractivity contribution in [3.05, 3.63) is 89.0 Å². The summed E-state index contributed by atoms with van der Waals surface area (Å²) >= 11 is 0. The summed E-state index contributed by atoms with van der Waals surface area (Å²) in [7, 11) is 0. The highest BCUT2D eigenvalue weighted by molar-refractivity contribution is 6.05. The summed E-state index contributed by atoms with van der Waals surface area (Å²) in [6, 6.07) is 12.6. The Labute approximate surface area is 340 Å². The number of hydrogen-bond acceptors (Lipinski definition) is 11. The molecule has 3 amide bonds. The lowest BCUT2D eigenvalue weighted by molar-refractivity contribution is -0.136. The molecule has 5 aromatic rings. The summed E-state index contributed by atoms with van der Waals surface area (Å²) < 4.78 is 32.2. The molecular formula is C43H47F2N11O3. The predicted molar refractivity (Wildman–Crippen MR) is 218 cm³/mol. The summed E-state index contributed by atoms with van der Waals surface area (Å²) in [5.74, 6) is -0.680. The van der Waals surface area contributed by atoms with Gasteiger partial charge >= 0.3 is 0 Å². The number of fused-ring (bicyclic) bond motifs is 2. The Morgan fingerprint density at radius 1 is 0.898 bits per heavy atom. The Morgan fingerprint density at radius 3 is 2.42 bits per heavy atom. The third-order valence-corrected chi connectivity index (χ3v) is 12.3. The van der Waals surface area contributed by atoms with Gasteiger partial charge in [-0.05, 0) is 81.5 Å². The Balaban J connectivity index is 0.774. The summed E-state index contributed by atoms with van der Waals surface area (Å²) in [4.78, 5) is 64.1. The second-order valence-corrected chi connectivity index (χ2v) is 16.2. The van der Waals surface area contributed by atoms with E-state index in [2.05, 4.69) is 51.3 Å². The van der Waals surface area contributed by atoms with E-state index >= 15 is 8.78 Å². The molecule has 0 aliphatic carbocycles. The molecule has 3 saturated heterocycles. The molecule has 59 heavy (non-hydrogen) atoms. The van der Waals surface area contributed by atoms with E-state index in [1.165, 1.54) is 6.07 Å². The van der Waals surface area contributed by atoms with Crippen LogP contribution in [0.5, 0.6) is 0 Å². The van der Waals surface area contributed by atoms with Gasteiger partial charge in [0.15, 0.2) is 11.6 Å². The van der Waals surface area contributed by atoms with Gasteiger partial charge < -0.3 is 19.7 Å². The van der Waals surface area contributed by atoms with Crippen molar-refractivity contribution in [3.63, 3.8) is 0 Å². The zero-order chi connectivity index (χ0) is 40.9. The molecule has 1 atom stereocenters. The van der Waals surface area contributed by atoms with E-state index in [9.17, 15) is 14.4 Å². The maximum absolute atomic E-state index is 15.2. The van der Waals surface area contributed by atoms with E-state index in [1.54, 1.807) is 11.0 Å². The molecule has 4 aliphatic rings. The van der Waals surface area contributed by atoms with Gasteiger partial charge in [-0.2, -0.15) is 0 Å². The van der Waals surface area contributed by atoms with Crippen molar-refractivity contribution in [1.29, 1.82) is 0 Å². The number of nitrogens with one attached hydrogen (secondary N) is 2. The molecule has 1 unspecified atom stereocenters. The van der Waals surface area contributed by atoms with Crippen LogP contribution in [0.1, 0.15) is 72.9 Å². The van der Waals surface area contributed by atoms with Crippen molar-refractivity contribution in [3.8, 4) is 11.3 Å². The van der Waals surface area contributed by atoms with Crippen LogP contribution in [-0.2, 0) is 22.7 Å². The highest BCUT2D eigenvalue weighted by Crippen LogP contribution is 2.33. The second-order valence-electron chi connectivity index (χ2n) is 16.2. The lowest BCUT2D eigenvalue weighted by Crippen LogP contribution is -2.53. The average Bonchev–Trinajstić information content (AvgIpc) is 3.76. The van der Waals surface area contributed by atoms with Gasteiger partial charge in [-0.3, -0.25) is 29.5 Å². The number of imide groups is 1. The van der Waals surface area contributed by atoms with Gasteiger partial charge in [0.05, 0.1) is 23.6 Å². The zero-order valence-electron chi connectivity index (χ0n) is 33.4. The van der Waals surface area contributed by atoms with Crippen molar-refractivity contribution in [2.75, 3.05) is 49.5 Å². The van der Waals surface area contributed by atoms with Crippen LogP contribution in [0.2, 0.25) is 0 Å². The molecule has 16 heteroatoms. The van der Waals surface area contributed by atoms with Gasteiger partial charge in [-0.25, -0.2) is 28.7 Å². The number of carbonyl (C=O) groups excluding carboxylic acids is 3. The van der Waals surface area contributed by atoms with E-state index < -0.39 is 17.7 Å². The minimum Gasteiger partial charge on any atom is -0.370 e. The zero-order valence-corrected chi connectivity index (χ0v) is 33.4. The topological polar surface area (TPSA) is 145 Å². The standard InChI is InChI=1S/C43H47F2N11O3/c1-25(2)56-26(3)48-40-33(44)19-28(20-36(40)56)39-34(45)22-47-43(51-39)49-37-9-7-30(21-46-37)53-13-11-29(12-14-53)54-17-15-52(16-18-54)23-27-5-4-6-31-32(27)24-55(42(31)59)35-8-10-38(57)50-41(35)58/h4-7,9,19-22,25,29,35H,8,10-18,23-24H2,1-3H3,(H,50,57,58)(H,46,47,49,51). The number of benzene rings is 2. The molecule has 306 valence electrons. The molecule has 3 fully saturated rings. The average molecular weight is 804 g/mol. The second kappa shape index (κ2) is 15.7. The highest BCUT2D eigenvalue weighted by Gasteiger charge is 2.40. The van der Waals surface area contributed by atoms with E-state index in [0.717, 1.165) is 81.7 Å². The Morgan fingerprint density at radius 2 is 1.69 bits per heavy atom. The van der Waals surface area contributed by atoms with Gasteiger partial charge in [-0.1, -0.05) is 12.1 Å². The van der Waals surface area contributed by atoms with Crippen molar-refractivity contribution in [2.45, 2.75) is 77.7 Å². The van der Waals surface area contributed by atoms with Crippen molar-refractivity contribution < 1.29 is 23.2 Å². The summed E-state index contributed by atoms with van der Waals surface area (Å²) in [5.41, 5.74) is 4.88. The first-order chi connectivity index (χ1) is 28.5. The molecule has 0 spiro atoms. The van der Waals surface area contributed by atoms with Crippen LogP contribution in [0.25, 0.3) is 22.3 Å². The van der Waals surface area contributed by atoms with Crippen molar-refractivity contribution >= 4 is 46.2 Å². The molecule has 2 N–H and O–H groups in total. The number of piperidine rings is 2. The number of imidazole rings is 1. The van der Waals surface area contributed by atoms with Crippen LogP contribution >= 0.6 is 0 Å². The van der Waals surface area contributed by atoms with Crippen LogP contribution in [-0.4, -0.2) is 108 Å². The Bertz CT molecular complexity index is 2440. The molecular weight excluding hydrogens is 757 g/mol. The van der Waals surface area contributed by atoms with Crippen LogP contribution < -0.4 is 15.5 Å². The number of hydrogen-bond donors (Lipinski definition) is 2. The number of amides is 3. The minimum absolute atomic E-state index is 0.0181. The lowest BCUT2D eigenvalue weighted by atomic mass is 10.0. The van der Waals surface area contributed by atoms with Gasteiger partial charge in [0.1, 0.15) is 28.9 Å². The first-order valence-electron chi connectivity index (χ1n) is 20.4. The molecule has 9 rings (SSSR count). The highest BCUT2D eigenvalue weighted by atomic mass is 19.1. The largest absolute Gasteiger partial charge is 0.370 e. The maximum atomic E-state index is 15.2. The third-order valence-electron chi connectivity index (χ3n) is 12.3. The number of aryl methyl sites for hydroxylation is 1. The van der Waals surface area contributed by atoms with E-state index in [0.29, 0.717) is 47.3 Å². The molecule has 0 bridgehead atoms. The third kappa shape index (κ3) is 7.50. The van der Waals surface area contributed by atoms with Crippen molar-refractivity contribution in [2.24, 2.45) is 0 Å². The number of aromatic nitrogens is 5. The van der Waals surface area contributed by atoms with Crippen LogP contribution in [0.3, 0.4) is 0 Å². The van der Waals surface area contributed by atoms with E-state index in [-0.39, 0.29) is 47.3 Å². The lowest BCUT2D eigenvalue weighted by Gasteiger charge is -2.43. The number of carbonyl (C=O) groups is 3. The van der Waals surface area contributed by atoms with Crippen LogP contribution in [0, 0.1) is 18.6 Å². The molecule has 0 radical (unpaired) electrons. The normalized spacial score (nSPS) is 19.6. The van der Waals surface area contributed by atoms with Crippen molar-refractivity contribution in [1.82, 2.24) is 44.5 Å². The minimum atomic E-state index is -0.661. The van der Waals surface area contributed by atoms with Gasteiger partial charge in [-0.15, -0.1) is 0 Å². The molecule has 0 saturated carbocycles. The first-order valence-corrected chi connectivity index (χ1v) is 20.4. The number of pyridine rings is 1. The van der Waals surface area contributed by atoms with E-state index in [4.69, 9.17) is 0 Å². The molecule has 2 aromatic carbocycles. The molecule has 4 aliphatic heterocycles. The summed E-state index contributed by atoms with van der Waals surface area (Å²) in [6.45, 7) is 12.6. The SMILES string of the molecule is Cc1nc2c(F)cc(-c3nc(Nc4ccc(N5CCC(N6CCN(Cc7cccc8c7CN(C7CCC(=O)NC7=O)C8=O)CC6)CC5)cn4)ncc3F)cc2n1C(C)C. The van der Waals surface area contributed by atoms with Crippen LogP contribution in [0.15, 0.2) is 54.9 Å². The molecule has 7 heterocycles. The number of piperazine rings is 1. The fourth-order valence-electron chi connectivity index (χ4n) is 9.26.